The van der Waals surface area contributed by atoms with Crippen LogP contribution < -0.4 is 15.5 Å². The number of pyridine rings is 1. The lowest BCUT2D eigenvalue weighted by atomic mass is 10.1. The number of hydrogen-bond acceptors (Lipinski definition) is 6. The summed E-state index contributed by atoms with van der Waals surface area (Å²) < 4.78 is 0.601. The molecule has 132 valence electrons. The number of carboxylic acid groups (broad SMARTS) is 1. The van der Waals surface area contributed by atoms with Gasteiger partial charge in [0.25, 0.3) is 5.91 Å². The van der Waals surface area contributed by atoms with Gasteiger partial charge in [0.2, 0.25) is 0 Å². The number of thiazole rings is 1. The Morgan fingerprint density at radius 2 is 2.32 bits per heavy atom. The van der Waals surface area contributed by atoms with Gasteiger partial charge >= 0.3 is 6.09 Å². The molecule has 8 nitrogen and oxygen atoms in total. The standard InChI is InChI=1S/C15H16BrN5O3S/c16-14-20-11(8-25-14)13(22)19-10-7-18-5-3-12(10)21(15(23)24)9-2-1-4-17-6-9/h3,5,7-9,17H,1-2,4,6H2,(H,19,22)(H,23,24). The molecule has 1 saturated heterocycles. The maximum Gasteiger partial charge on any atom is 0.412 e. The average Bonchev–Trinajstić information content (AvgIpc) is 3.04. The number of aromatic nitrogens is 2. The summed E-state index contributed by atoms with van der Waals surface area (Å²) in [5.41, 5.74) is 0.997. The summed E-state index contributed by atoms with van der Waals surface area (Å²) in [5, 5.41) is 17.2. The van der Waals surface area contributed by atoms with E-state index in [9.17, 15) is 14.7 Å². The molecular formula is C15H16BrN5O3S. The molecule has 0 saturated carbocycles. The van der Waals surface area contributed by atoms with E-state index in [4.69, 9.17) is 0 Å². The monoisotopic (exact) mass is 425 g/mol. The predicted octanol–water partition coefficient (Wildman–Crippen LogP) is 2.79. The predicted molar refractivity (Wildman–Crippen MR) is 98.4 cm³/mol. The summed E-state index contributed by atoms with van der Waals surface area (Å²) in [6, 6.07) is 1.40. The Labute approximate surface area is 156 Å². The minimum absolute atomic E-state index is 0.197. The van der Waals surface area contributed by atoms with Gasteiger partial charge in [0.15, 0.2) is 3.92 Å². The molecule has 0 aliphatic carbocycles. The van der Waals surface area contributed by atoms with Crippen molar-refractivity contribution in [2.75, 3.05) is 23.3 Å². The van der Waals surface area contributed by atoms with Crippen LogP contribution >= 0.6 is 27.3 Å². The summed E-state index contributed by atoms with van der Waals surface area (Å²) in [4.78, 5) is 33.6. The van der Waals surface area contributed by atoms with Gasteiger partial charge in [-0.1, -0.05) is 0 Å². The lowest BCUT2D eigenvalue weighted by molar-refractivity contribution is 0.102. The van der Waals surface area contributed by atoms with Crippen LogP contribution in [0.3, 0.4) is 0 Å². The molecule has 0 radical (unpaired) electrons. The normalized spacial score (nSPS) is 17.1. The van der Waals surface area contributed by atoms with Crippen LogP contribution in [0.5, 0.6) is 0 Å². The first-order chi connectivity index (χ1) is 12.1. The number of nitrogens with one attached hydrogen (secondary N) is 2. The van der Waals surface area contributed by atoms with Gasteiger partial charge in [-0.2, -0.15) is 0 Å². The first kappa shape index (κ1) is 17.8. The van der Waals surface area contributed by atoms with Crippen LogP contribution in [0.4, 0.5) is 16.2 Å². The largest absolute Gasteiger partial charge is 0.465 e. The number of hydrogen-bond donors (Lipinski definition) is 3. The third-order valence-corrected chi connectivity index (χ3v) is 5.22. The van der Waals surface area contributed by atoms with Crippen LogP contribution in [0, 0.1) is 0 Å². The number of nitrogens with zero attached hydrogens (tertiary/aromatic N) is 3. The van der Waals surface area contributed by atoms with Gasteiger partial charge in [0.05, 0.1) is 23.6 Å². The van der Waals surface area contributed by atoms with E-state index in [1.54, 1.807) is 11.4 Å². The van der Waals surface area contributed by atoms with Crippen LogP contribution in [0.15, 0.2) is 27.8 Å². The summed E-state index contributed by atoms with van der Waals surface area (Å²) in [6.45, 7) is 1.45. The van der Waals surface area contributed by atoms with E-state index in [0.29, 0.717) is 21.8 Å². The molecule has 2 amide bonds. The zero-order valence-corrected chi connectivity index (χ0v) is 15.5. The number of rotatable bonds is 4. The summed E-state index contributed by atoms with van der Waals surface area (Å²) in [5.74, 6) is -0.414. The quantitative estimate of drug-likeness (QED) is 0.694. The van der Waals surface area contributed by atoms with Gasteiger partial charge in [-0.05, 0) is 41.4 Å². The highest BCUT2D eigenvalue weighted by atomic mass is 79.9. The van der Waals surface area contributed by atoms with Crippen molar-refractivity contribution in [3.63, 3.8) is 0 Å². The van der Waals surface area contributed by atoms with Crippen molar-refractivity contribution in [3.8, 4) is 0 Å². The third kappa shape index (κ3) is 4.14. The van der Waals surface area contributed by atoms with Crippen LogP contribution in [0.2, 0.25) is 0 Å². The Kier molecular flexibility index (Phi) is 5.61. The van der Waals surface area contributed by atoms with Crippen LogP contribution in [0.25, 0.3) is 0 Å². The Hall–Kier alpha value is -2.04. The fourth-order valence-electron chi connectivity index (χ4n) is 2.75. The molecule has 1 aliphatic heterocycles. The van der Waals surface area contributed by atoms with E-state index in [0.717, 1.165) is 19.4 Å². The van der Waals surface area contributed by atoms with E-state index in [2.05, 4.69) is 36.5 Å². The number of carbonyl (C=O) groups is 2. The third-order valence-electron chi connectivity index (χ3n) is 3.86. The fraction of sp³-hybridized carbons (Fsp3) is 0.333. The summed E-state index contributed by atoms with van der Waals surface area (Å²) in [7, 11) is 0. The summed E-state index contributed by atoms with van der Waals surface area (Å²) in [6.07, 6.45) is 3.55. The second-order valence-electron chi connectivity index (χ2n) is 5.49. The smallest absolute Gasteiger partial charge is 0.412 e. The second kappa shape index (κ2) is 7.89. The number of amides is 2. The first-order valence-corrected chi connectivity index (χ1v) is 9.33. The van der Waals surface area contributed by atoms with E-state index in [1.165, 1.54) is 28.6 Å². The van der Waals surface area contributed by atoms with Gasteiger partial charge in [-0.15, -0.1) is 11.3 Å². The molecule has 1 atom stereocenters. The Balaban J connectivity index is 1.88. The molecule has 1 unspecified atom stereocenters. The number of piperidine rings is 1. The lowest BCUT2D eigenvalue weighted by Crippen LogP contribution is -2.48. The van der Waals surface area contributed by atoms with Gasteiger partial charge < -0.3 is 15.7 Å². The fourth-order valence-corrected chi connectivity index (χ4v) is 3.74. The molecule has 2 aromatic heterocycles. The first-order valence-electron chi connectivity index (χ1n) is 7.65. The summed E-state index contributed by atoms with van der Waals surface area (Å²) >= 11 is 4.51. The molecule has 25 heavy (non-hydrogen) atoms. The van der Waals surface area contributed by atoms with E-state index in [-0.39, 0.29) is 11.7 Å². The molecule has 3 N–H and O–H groups in total. The van der Waals surface area contributed by atoms with Crippen molar-refractivity contribution in [2.24, 2.45) is 0 Å². The number of halogens is 1. The van der Waals surface area contributed by atoms with Crippen molar-refractivity contribution in [1.29, 1.82) is 0 Å². The van der Waals surface area contributed by atoms with Crippen molar-refractivity contribution in [2.45, 2.75) is 18.9 Å². The van der Waals surface area contributed by atoms with Crippen molar-refractivity contribution >= 4 is 50.6 Å². The van der Waals surface area contributed by atoms with Crippen molar-refractivity contribution in [1.82, 2.24) is 15.3 Å². The van der Waals surface area contributed by atoms with Gasteiger partial charge in [0, 0.05) is 18.1 Å². The maximum atomic E-state index is 12.4. The second-order valence-corrected chi connectivity index (χ2v) is 7.62. The molecule has 0 aromatic carbocycles. The molecule has 2 aromatic rings. The van der Waals surface area contributed by atoms with Gasteiger partial charge in [-0.25, -0.2) is 9.78 Å². The Morgan fingerprint density at radius 1 is 1.48 bits per heavy atom. The van der Waals surface area contributed by atoms with Crippen LogP contribution in [-0.4, -0.2) is 46.2 Å². The maximum absolute atomic E-state index is 12.4. The Morgan fingerprint density at radius 3 is 2.96 bits per heavy atom. The van der Waals surface area contributed by atoms with E-state index in [1.807, 2.05) is 0 Å². The SMILES string of the molecule is O=C(Nc1cnccc1N(C(=O)O)C1CCCNC1)c1csc(Br)n1. The number of anilines is 2. The zero-order valence-electron chi connectivity index (χ0n) is 13.1. The highest BCUT2D eigenvalue weighted by Gasteiger charge is 2.29. The highest BCUT2D eigenvalue weighted by Crippen LogP contribution is 2.29. The molecule has 3 heterocycles. The molecule has 0 spiro atoms. The molecule has 1 fully saturated rings. The van der Waals surface area contributed by atoms with Crippen LogP contribution in [0.1, 0.15) is 23.3 Å². The topological polar surface area (TPSA) is 107 Å². The molecule has 10 heteroatoms. The zero-order chi connectivity index (χ0) is 17.8. The van der Waals surface area contributed by atoms with Crippen molar-refractivity contribution < 1.29 is 14.7 Å². The molecule has 1 aliphatic rings. The molecular weight excluding hydrogens is 410 g/mol. The minimum Gasteiger partial charge on any atom is -0.465 e. The van der Waals surface area contributed by atoms with E-state index < -0.39 is 12.0 Å². The highest BCUT2D eigenvalue weighted by molar-refractivity contribution is 9.11. The van der Waals surface area contributed by atoms with Crippen LogP contribution in [-0.2, 0) is 0 Å². The number of carbonyl (C=O) groups excluding carboxylic acids is 1. The van der Waals surface area contributed by atoms with E-state index >= 15 is 0 Å². The van der Waals surface area contributed by atoms with Gasteiger partial charge in [-0.3, -0.25) is 14.7 Å². The molecule has 3 rings (SSSR count). The van der Waals surface area contributed by atoms with Crippen molar-refractivity contribution in [3.05, 3.63) is 33.5 Å². The molecule has 0 bridgehead atoms. The average molecular weight is 426 g/mol. The minimum atomic E-state index is -1.06. The van der Waals surface area contributed by atoms with Gasteiger partial charge in [0.1, 0.15) is 5.69 Å². The lowest BCUT2D eigenvalue weighted by Gasteiger charge is -2.33. The Bertz CT molecular complexity index is 778.